The van der Waals surface area contributed by atoms with Gasteiger partial charge in [-0.3, -0.25) is 14.9 Å². The van der Waals surface area contributed by atoms with Gasteiger partial charge in [-0.05, 0) is 18.1 Å². The Balaban J connectivity index is 2.00. The van der Waals surface area contributed by atoms with Gasteiger partial charge < -0.3 is 5.32 Å². The lowest BCUT2D eigenvalue weighted by Gasteiger charge is -2.13. The van der Waals surface area contributed by atoms with Crippen LogP contribution in [0.15, 0.2) is 42.5 Å². The second-order valence-electron chi connectivity index (χ2n) is 5.22. The van der Waals surface area contributed by atoms with Crippen LogP contribution in [0.1, 0.15) is 23.6 Å². The number of nitrogens with one attached hydrogen (secondary N) is 1. The number of nitro groups is 1. The largest absolute Gasteiger partial charge is 0.337 e. The molecule has 1 N–H and O–H groups in total. The topological polar surface area (TPSA) is 96.0 Å². The third-order valence-corrected chi connectivity index (χ3v) is 3.47. The number of nitro benzene ring substituents is 1. The van der Waals surface area contributed by atoms with Crippen LogP contribution in [0, 0.1) is 33.1 Å². The molecule has 6 nitrogen and oxygen atoms in total. The van der Waals surface area contributed by atoms with Gasteiger partial charge in [0.1, 0.15) is 17.7 Å². The summed E-state index contributed by atoms with van der Waals surface area (Å²) in [6, 6.07) is 9.07. The SMILES string of the molecule is N#C[C@H](NC(=O)CCc1cccc([N+](=O)[O-])c1)c1ccc(F)cc1F. The lowest BCUT2D eigenvalue weighted by Crippen LogP contribution is -2.28. The van der Waals surface area contributed by atoms with Crippen molar-refractivity contribution in [1.82, 2.24) is 5.32 Å². The molecule has 1 amide bonds. The normalized spacial score (nSPS) is 11.4. The van der Waals surface area contributed by atoms with E-state index in [0.717, 1.165) is 12.1 Å². The van der Waals surface area contributed by atoms with Gasteiger partial charge in [0, 0.05) is 30.2 Å². The number of benzene rings is 2. The molecule has 0 bridgehead atoms. The first kappa shape index (κ1) is 18.0. The van der Waals surface area contributed by atoms with Crippen LogP contribution in [-0.2, 0) is 11.2 Å². The minimum atomic E-state index is -1.25. The zero-order valence-electron chi connectivity index (χ0n) is 12.9. The molecular formula is C17H13F2N3O3. The van der Waals surface area contributed by atoms with E-state index in [-0.39, 0.29) is 24.1 Å². The van der Waals surface area contributed by atoms with E-state index < -0.39 is 28.5 Å². The molecule has 0 aliphatic heterocycles. The molecule has 25 heavy (non-hydrogen) atoms. The number of nitriles is 1. The molecule has 8 heteroatoms. The van der Waals surface area contributed by atoms with Gasteiger partial charge in [0.05, 0.1) is 11.0 Å². The minimum absolute atomic E-state index is 0.0395. The molecule has 2 rings (SSSR count). The lowest BCUT2D eigenvalue weighted by molar-refractivity contribution is -0.384. The molecule has 0 fully saturated rings. The van der Waals surface area contributed by atoms with Crippen molar-refractivity contribution in [1.29, 1.82) is 5.26 Å². The summed E-state index contributed by atoms with van der Waals surface area (Å²) in [5.41, 5.74) is 0.375. The first-order chi connectivity index (χ1) is 11.9. The number of carbonyl (C=O) groups is 1. The van der Waals surface area contributed by atoms with Gasteiger partial charge in [-0.1, -0.05) is 18.2 Å². The van der Waals surface area contributed by atoms with Crippen molar-refractivity contribution in [2.45, 2.75) is 18.9 Å². The standard InChI is InChI=1S/C17H13F2N3O3/c18-12-5-6-14(15(19)9-12)16(10-20)21-17(23)7-4-11-2-1-3-13(8-11)22(24)25/h1-3,5-6,8-9,16H,4,7H2,(H,21,23)/t16-/m0/s1. The monoisotopic (exact) mass is 345 g/mol. The highest BCUT2D eigenvalue weighted by Crippen LogP contribution is 2.18. The first-order valence-electron chi connectivity index (χ1n) is 7.28. The van der Waals surface area contributed by atoms with Gasteiger partial charge >= 0.3 is 0 Å². The van der Waals surface area contributed by atoms with Crippen LogP contribution in [0.4, 0.5) is 14.5 Å². The Hall–Kier alpha value is -3.34. The average molecular weight is 345 g/mol. The summed E-state index contributed by atoms with van der Waals surface area (Å²) in [5.74, 6) is -2.23. The van der Waals surface area contributed by atoms with E-state index in [2.05, 4.69) is 5.32 Å². The second kappa shape index (κ2) is 7.97. The summed E-state index contributed by atoms with van der Waals surface area (Å²) >= 11 is 0. The van der Waals surface area contributed by atoms with Gasteiger partial charge in [-0.2, -0.15) is 5.26 Å². The van der Waals surface area contributed by atoms with Crippen molar-refractivity contribution in [2.75, 3.05) is 0 Å². The summed E-state index contributed by atoms with van der Waals surface area (Å²) in [5, 5.41) is 22.2. The Bertz CT molecular complexity index is 849. The smallest absolute Gasteiger partial charge is 0.269 e. The number of carbonyl (C=O) groups excluding carboxylic acids is 1. The Morgan fingerprint density at radius 2 is 2.04 bits per heavy atom. The molecule has 0 aliphatic carbocycles. The molecule has 0 saturated heterocycles. The maximum absolute atomic E-state index is 13.7. The van der Waals surface area contributed by atoms with Crippen molar-refractivity contribution in [3.63, 3.8) is 0 Å². The number of non-ortho nitro benzene ring substituents is 1. The Kier molecular flexibility index (Phi) is 5.74. The van der Waals surface area contributed by atoms with Crippen LogP contribution < -0.4 is 5.32 Å². The molecule has 0 unspecified atom stereocenters. The summed E-state index contributed by atoms with van der Waals surface area (Å²) in [6.07, 6.45) is 0.180. The highest BCUT2D eigenvalue weighted by molar-refractivity contribution is 5.77. The van der Waals surface area contributed by atoms with Crippen LogP contribution in [0.2, 0.25) is 0 Å². The van der Waals surface area contributed by atoms with Crippen LogP contribution in [0.25, 0.3) is 0 Å². The van der Waals surface area contributed by atoms with E-state index in [9.17, 15) is 23.7 Å². The van der Waals surface area contributed by atoms with Crippen LogP contribution >= 0.6 is 0 Å². The number of hydrogen-bond acceptors (Lipinski definition) is 4. The van der Waals surface area contributed by atoms with Gasteiger partial charge in [0.15, 0.2) is 0 Å². The number of aryl methyl sites for hydroxylation is 1. The quantitative estimate of drug-likeness (QED) is 0.642. The van der Waals surface area contributed by atoms with Crippen molar-refractivity contribution in [3.05, 3.63) is 75.3 Å². The molecule has 0 spiro atoms. The van der Waals surface area contributed by atoms with E-state index in [1.54, 1.807) is 12.1 Å². The summed E-state index contributed by atoms with van der Waals surface area (Å²) in [6.45, 7) is 0. The summed E-state index contributed by atoms with van der Waals surface area (Å²) < 4.78 is 26.6. The number of hydrogen-bond donors (Lipinski definition) is 1. The molecule has 128 valence electrons. The van der Waals surface area contributed by atoms with Gasteiger partial charge in [0.25, 0.3) is 5.69 Å². The lowest BCUT2D eigenvalue weighted by atomic mass is 10.1. The third-order valence-electron chi connectivity index (χ3n) is 3.47. The first-order valence-corrected chi connectivity index (χ1v) is 7.28. The summed E-state index contributed by atoms with van der Waals surface area (Å²) in [4.78, 5) is 22.1. The molecule has 0 aromatic heterocycles. The minimum Gasteiger partial charge on any atom is -0.337 e. The Morgan fingerprint density at radius 1 is 1.28 bits per heavy atom. The maximum atomic E-state index is 13.7. The Morgan fingerprint density at radius 3 is 2.68 bits per heavy atom. The zero-order chi connectivity index (χ0) is 18.4. The van der Waals surface area contributed by atoms with E-state index in [1.165, 1.54) is 18.2 Å². The summed E-state index contributed by atoms with van der Waals surface area (Å²) in [7, 11) is 0. The third kappa shape index (κ3) is 4.81. The fourth-order valence-corrected chi connectivity index (χ4v) is 2.23. The molecule has 0 aliphatic rings. The molecule has 0 saturated carbocycles. The Labute approximate surface area is 141 Å². The van der Waals surface area contributed by atoms with Crippen LogP contribution in [0.5, 0.6) is 0 Å². The highest BCUT2D eigenvalue weighted by Gasteiger charge is 2.18. The predicted octanol–water partition coefficient (Wildman–Crippen LogP) is 3.19. The molecule has 2 aromatic carbocycles. The van der Waals surface area contributed by atoms with E-state index >= 15 is 0 Å². The van der Waals surface area contributed by atoms with E-state index in [4.69, 9.17) is 5.26 Å². The maximum Gasteiger partial charge on any atom is 0.269 e. The van der Waals surface area contributed by atoms with Gasteiger partial charge in [0.2, 0.25) is 5.91 Å². The molecule has 2 aromatic rings. The molecule has 0 radical (unpaired) electrons. The highest BCUT2D eigenvalue weighted by atomic mass is 19.1. The van der Waals surface area contributed by atoms with Crippen molar-refractivity contribution < 1.29 is 18.5 Å². The predicted molar refractivity (Wildman–Crippen MR) is 84.3 cm³/mol. The molecule has 0 heterocycles. The fourth-order valence-electron chi connectivity index (χ4n) is 2.23. The van der Waals surface area contributed by atoms with Crippen LogP contribution in [0.3, 0.4) is 0 Å². The number of nitrogens with zero attached hydrogens (tertiary/aromatic N) is 2. The van der Waals surface area contributed by atoms with E-state index in [1.807, 2.05) is 0 Å². The van der Waals surface area contributed by atoms with Crippen LogP contribution in [-0.4, -0.2) is 10.8 Å². The number of halogens is 2. The zero-order valence-corrected chi connectivity index (χ0v) is 12.9. The van der Waals surface area contributed by atoms with Crippen molar-refractivity contribution >= 4 is 11.6 Å². The molecule has 1 atom stereocenters. The number of amides is 1. The number of rotatable bonds is 6. The van der Waals surface area contributed by atoms with Gasteiger partial charge in [-0.15, -0.1) is 0 Å². The van der Waals surface area contributed by atoms with Crippen molar-refractivity contribution in [2.24, 2.45) is 0 Å². The van der Waals surface area contributed by atoms with Gasteiger partial charge in [-0.25, -0.2) is 8.78 Å². The second-order valence-corrected chi connectivity index (χ2v) is 5.22. The van der Waals surface area contributed by atoms with E-state index in [0.29, 0.717) is 11.6 Å². The molecular weight excluding hydrogens is 332 g/mol. The van der Waals surface area contributed by atoms with Crippen molar-refractivity contribution in [3.8, 4) is 6.07 Å². The fraction of sp³-hybridized carbons (Fsp3) is 0.176. The average Bonchev–Trinajstić information content (AvgIpc) is 2.58.